The summed E-state index contributed by atoms with van der Waals surface area (Å²) in [6.07, 6.45) is 23.5. The third-order valence-electron chi connectivity index (χ3n) is 6.62. The number of esters is 1. The Morgan fingerprint density at radius 1 is 0.800 bits per heavy atom. The quantitative estimate of drug-likeness (QED) is 0.168. The predicted molar refractivity (Wildman–Crippen MR) is 126 cm³/mol. The van der Waals surface area contributed by atoms with Gasteiger partial charge in [0.15, 0.2) is 0 Å². The molecule has 1 unspecified atom stereocenters. The molecule has 0 N–H and O–H groups in total. The summed E-state index contributed by atoms with van der Waals surface area (Å²) in [6.45, 7) is 5.76. The summed E-state index contributed by atoms with van der Waals surface area (Å²) < 4.78 is 19.9. The minimum atomic E-state index is -0.574. The van der Waals surface area contributed by atoms with E-state index in [1.807, 2.05) is 0 Å². The fourth-order valence-corrected chi connectivity index (χ4v) is 4.58. The first kappa shape index (κ1) is 27.2. The monoisotopic (exact) mass is 424 g/mol. The molecule has 0 aromatic carbocycles. The maximum absolute atomic E-state index is 14.8. The fraction of sp³-hybridized carbons (Fsp3) is 0.889. The van der Waals surface area contributed by atoms with Gasteiger partial charge in [0.2, 0.25) is 0 Å². The van der Waals surface area contributed by atoms with Gasteiger partial charge in [-0.25, -0.2) is 9.18 Å². The normalized spacial score (nSPS) is 18.2. The Morgan fingerprint density at radius 3 is 1.73 bits per heavy atom. The van der Waals surface area contributed by atoms with Crippen LogP contribution in [0.4, 0.5) is 4.39 Å². The zero-order valence-corrected chi connectivity index (χ0v) is 19.9. The van der Waals surface area contributed by atoms with E-state index in [0.29, 0.717) is 18.1 Å². The van der Waals surface area contributed by atoms with Crippen LogP contribution in [0.15, 0.2) is 12.2 Å². The van der Waals surface area contributed by atoms with E-state index in [9.17, 15) is 9.18 Å². The molecule has 0 saturated heterocycles. The van der Waals surface area contributed by atoms with Crippen molar-refractivity contribution in [3.05, 3.63) is 12.2 Å². The van der Waals surface area contributed by atoms with Gasteiger partial charge in [-0.3, -0.25) is 0 Å². The van der Waals surface area contributed by atoms with E-state index in [4.69, 9.17) is 4.74 Å². The fourth-order valence-electron chi connectivity index (χ4n) is 4.58. The molecule has 0 amide bonds. The maximum atomic E-state index is 14.8. The number of carbonyl (C=O) groups excluding carboxylic acids is 1. The molecule has 1 fully saturated rings. The van der Waals surface area contributed by atoms with Crippen LogP contribution in [-0.4, -0.2) is 18.7 Å². The number of ether oxygens (including phenoxy) is 1. The second kappa shape index (κ2) is 18.9. The lowest BCUT2D eigenvalue weighted by Crippen LogP contribution is -2.16. The molecule has 1 aliphatic carbocycles. The van der Waals surface area contributed by atoms with Crippen molar-refractivity contribution in [3.8, 4) is 0 Å². The van der Waals surface area contributed by atoms with Crippen LogP contribution in [0.2, 0.25) is 0 Å². The van der Waals surface area contributed by atoms with Gasteiger partial charge in [0.1, 0.15) is 6.17 Å². The molecule has 0 bridgehead atoms. The minimum absolute atomic E-state index is 0.280. The highest BCUT2D eigenvalue weighted by Crippen LogP contribution is 2.28. The third-order valence-corrected chi connectivity index (χ3v) is 6.62. The molecule has 30 heavy (non-hydrogen) atoms. The first-order chi connectivity index (χ1) is 14.6. The van der Waals surface area contributed by atoms with Crippen molar-refractivity contribution in [1.82, 2.24) is 0 Å². The molecule has 0 spiro atoms. The Kier molecular flexibility index (Phi) is 17.1. The lowest BCUT2D eigenvalue weighted by Gasteiger charge is -2.22. The molecular weight excluding hydrogens is 375 g/mol. The molecule has 0 aliphatic heterocycles. The second-order valence-electron chi connectivity index (χ2n) is 9.57. The number of carbonyl (C=O) groups is 1. The molecular formula is C27H49FO2. The minimum Gasteiger partial charge on any atom is -0.462 e. The molecule has 0 heterocycles. The summed E-state index contributed by atoms with van der Waals surface area (Å²) in [6, 6.07) is 0. The average molecular weight is 425 g/mol. The Bertz CT molecular complexity index is 423. The molecule has 2 nitrogen and oxygen atoms in total. The van der Waals surface area contributed by atoms with Crippen molar-refractivity contribution in [3.63, 3.8) is 0 Å². The summed E-state index contributed by atoms with van der Waals surface area (Å²) in [5.74, 6) is 0.0426. The van der Waals surface area contributed by atoms with E-state index >= 15 is 0 Å². The van der Waals surface area contributed by atoms with Gasteiger partial charge >= 0.3 is 5.97 Å². The molecule has 3 heteroatoms. The summed E-state index contributed by atoms with van der Waals surface area (Å²) in [7, 11) is 0. The molecule has 176 valence electrons. The van der Waals surface area contributed by atoms with Gasteiger partial charge < -0.3 is 4.74 Å². The maximum Gasteiger partial charge on any atom is 0.333 e. The van der Waals surface area contributed by atoms with E-state index in [0.717, 1.165) is 38.5 Å². The van der Waals surface area contributed by atoms with Gasteiger partial charge in [-0.05, 0) is 38.5 Å². The van der Waals surface area contributed by atoms with E-state index in [2.05, 4.69) is 6.58 Å². The van der Waals surface area contributed by atoms with E-state index in [1.54, 1.807) is 6.92 Å². The zero-order chi connectivity index (χ0) is 21.9. The van der Waals surface area contributed by atoms with E-state index in [-0.39, 0.29) is 5.97 Å². The molecule has 1 rings (SSSR count). The van der Waals surface area contributed by atoms with Crippen LogP contribution in [0.1, 0.15) is 135 Å². The van der Waals surface area contributed by atoms with E-state index < -0.39 is 6.17 Å². The number of alkyl halides is 1. The molecule has 1 atom stereocenters. The van der Waals surface area contributed by atoms with Crippen molar-refractivity contribution >= 4 is 5.97 Å². The summed E-state index contributed by atoms with van der Waals surface area (Å²) in [5, 5.41) is 0. The van der Waals surface area contributed by atoms with Crippen LogP contribution in [-0.2, 0) is 9.53 Å². The second-order valence-corrected chi connectivity index (χ2v) is 9.57. The van der Waals surface area contributed by atoms with Crippen LogP contribution >= 0.6 is 0 Å². The summed E-state index contributed by atoms with van der Waals surface area (Å²) in [5.41, 5.74) is 0.469. The smallest absolute Gasteiger partial charge is 0.333 e. The number of rotatable bonds is 13. The molecule has 1 aliphatic rings. The molecule has 0 aromatic heterocycles. The highest BCUT2D eigenvalue weighted by molar-refractivity contribution is 5.86. The van der Waals surface area contributed by atoms with Crippen LogP contribution in [0.25, 0.3) is 0 Å². The topological polar surface area (TPSA) is 26.3 Å². The van der Waals surface area contributed by atoms with Gasteiger partial charge in [-0.1, -0.05) is 109 Å². The molecule has 1 saturated carbocycles. The van der Waals surface area contributed by atoms with Crippen LogP contribution in [0.5, 0.6) is 0 Å². The standard InChI is InChI=1S/C27H49FO2/c1-24(2)27(29)30-23-19-15-11-7-6-10-14-18-22-26(28)25-20-16-12-8-4-3-5-9-13-17-21-25/h25-26H,1,3-23H2,2H3. The van der Waals surface area contributed by atoms with E-state index in [1.165, 1.54) is 89.9 Å². The van der Waals surface area contributed by atoms with Gasteiger partial charge in [-0.2, -0.15) is 0 Å². The number of unbranched alkanes of at least 4 members (excludes halogenated alkanes) is 7. The van der Waals surface area contributed by atoms with Crippen molar-refractivity contribution < 1.29 is 13.9 Å². The molecule has 0 aromatic rings. The molecule has 0 radical (unpaired) electrons. The zero-order valence-electron chi connectivity index (χ0n) is 19.9. The summed E-state index contributed by atoms with van der Waals surface area (Å²) in [4.78, 5) is 11.3. The summed E-state index contributed by atoms with van der Waals surface area (Å²) >= 11 is 0. The van der Waals surface area contributed by atoms with Crippen molar-refractivity contribution in [1.29, 1.82) is 0 Å². The Hall–Kier alpha value is -0.860. The third kappa shape index (κ3) is 15.0. The SMILES string of the molecule is C=C(C)C(=O)OCCCCCCCCCCC(F)C1CCCCCCCCCCC1. The van der Waals surface area contributed by atoms with Crippen molar-refractivity contribution in [2.24, 2.45) is 5.92 Å². The van der Waals surface area contributed by atoms with Crippen LogP contribution in [0, 0.1) is 5.92 Å². The first-order valence-electron chi connectivity index (χ1n) is 13.1. The van der Waals surface area contributed by atoms with Gasteiger partial charge in [0, 0.05) is 5.57 Å². The first-order valence-corrected chi connectivity index (χ1v) is 13.1. The van der Waals surface area contributed by atoms with Crippen LogP contribution < -0.4 is 0 Å². The van der Waals surface area contributed by atoms with Gasteiger partial charge in [0.05, 0.1) is 6.61 Å². The highest BCUT2D eigenvalue weighted by atomic mass is 19.1. The van der Waals surface area contributed by atoms with Crippen molar-refractivity contribution in [2.45, 2.75) is 142 Å². The Labute approximate surface area is 186 Å². The lowest BCUT2D eigenvalue weighted by atomic mass is 9.87. The predicted octanol–water partition coefficient (Wildman–Crippen LogP) is 8.88. The number of hydrogen-bond acceptors (Lipinski definition) is 2. The lowest BCUT2D eigenvalue weighted by molar-refractivity contribution is -0.139. The Morgan fingerprint density at radius 2 is 1.23 bits per heavy atom. The van der Waals surface area contributed by atoms with Gasteiger partial charge in [0.25, 0.3) is 0 Å². The van der Waals surface area contributed by atoms with Crippen molar-refractivity contribution in [2.75, 3.05) is 6.61 Å². The van der Waals surface area contributed by atoms with Gasteiger partial charge in [-0.15, -0.1) is 0 Å². The number of halogens is 1. The number of hydrogen-bond donors (Lipinski definition) is 0. The largest absolute Gasteiger partial charge is 0.462 e. The Balaban J connectivity index is 1.99. The van der Waals surface area contributed by atoms with Crippen LogP contribution in [0.3, 0.4) is 0 Å². The average Bonchev–Trinajstić information content (AvgIpc) is 2.72. The highest BCUT2D eigenvalue weighted by Gasteiger charge is 2.20.